The van der Waals surface area contributed by atoms with Crippen LogP contribution in [0.5, 0.6) is 0 Å². The maximum atomic E-state index is 12.7. The minimum Gasteiger partial charge on any atom is -0.480 e. The Hall–Kier alpha value is -2.02. The SMILES string of the molecule is CC(=O)N1CSC[C@H]1C(=O)N(CC(=O)O)Cc1ccccc1. The van der Waals surface area contributed by atoms with Crippen molar-refractivity contribution in [1.82, 2.24) is 9.80 Å². The molecule has 2 rings (SSSR count). The van der Waals surface area contributed by atoms with E-state index in [-0.39, 0.29) is 24.9 Å². The standard InChI is InChI=1S/C15H18N2O4S/c1-11(18)17-10-22-9-13(17)15(21)16(8-14(19)20)7-12-5-3-2-4-6-12/h2-6,13H,7-10H2,1H3,(H,19,20)/t13-/m0/s1. The van der Waals surface area contributed by atoms with Crippen LogP contribution in [0.15, 0.2) is 30.3 Å². The first-order chi connectivity index (χ1) is 10.5. The van der Waals surface area contributed by atoms with Crippen LogP contribution in [-0.2, 0) is 20.9 Å². The molecule has 6 nitrogen and oxygen atoms in total. The van der Waals surface area contributed by atoms with Crippen LogP contribution in [0.2, 0.25) is 0 Å². The van der Waals surface area contributed by atoms with Crippen LogP contribution in [0.1, 0.15) is 12.5 Å². The van der Waals surface area contributed by atoms with Gasteiger partial charge in [0.05, 0.1) is 5.88 Å². The molecule has 1 atom stereocenters. The topological polar surface area (TPSA) is 77.9 Å². The molecule has 1 aromatic rings. The lowest BCUT2D eigenvalue weighted by molar-refractivity contribution is -0.148. The van der Waals surface area contributed by atoms with Crippen molar-refractivity contribution in [3.63, 3.8) is 0 Å². The Kier molecular flexibility index (Phi) is 5.43. The maximum Gasteiger partial charge on any atom is 0.323 e. The molecular formula is C15H18N2O4S. The van der Waals surface area contributed by atoms with E-state index in [4.69, 9.17) is 5.11 Å². The Morgan fingerprint density at radius 3 is 2.59 bits per heavy atom. The number of hydrogen-bond donors (Lipinski definition) is 1. The van der Waals surface area contributed by atoms with E-state index in [9.17, 15) is 14.4 Å². The molecule has 118 valence electrons. The Labute approximate surface area is 133 Å². The predicted molar refractivity (Wildman–Crippen MR) is 83.1 cm³/mol. The molecule has 2 amide bonds. The van der Waals surface area contributed by atoms with Gasteiger partial charge in [0.2, 0.25) is 11.8 Å². The Bertz CT molecular complexity index is 564. The highest BCUT2D eigenvalue weighted by Crippen LogP contribution is 2.23. The summed E-state index contributed by atoms with van der Waals surface area (Å²) in [6.07, 6.45) is 0. The van der Waals surface area contributed by atoms with Gasteiger partial charge < -0.3 is 14.9 Å². The van der Waals surface area contributed by atoms with Gasteiger partial charge in [-0.1, -0.05) is 30.3 Å². The second kappa shape index (κ2) is 7.31. The van der Waals surface area contributed by atoms with Gasteiger partial charge in [0.25, 0.3) is 0 Å². The Balaban J connectivity index is 2.15. The van der Waals surface area contributed by atoms with Crippen molar-refractivity contribution < 1.29 is 19.5 Å². The van der Waals surface area contributed by atoms with Gasteiger partial charge in [-0.3, -0.25) is 14.4 Å². The van der Waals surface area contributed by atoms with E-state index >= 15 is 0 Å². The number of carboxylic acid groups (broad SMARTS) is 1. The summed E-state index contributed by atoms with van der Waals surface area (Å²) in [5.74, 6) is -0.574. The largest absolute Gasteiger partial charge is 0.480 e. The summed E-state index contributed by atoms with van der Waals surface area (Å²) in [5, 5.41) is 9.05. The zero-order valence-electron chi connectivity index (χ0n) is 12.3. The molecule has 0 bridgehead atoms. The van der Waals surface area contributed by atoms with Gasteiger partial charge in [-0.25, -0.2) is 0 Å². The van der Waals surface area contributed by atoms with Crippen molar-refractivity contribution in [3.05, 3.63) is 35.9 Å². The third kappa shape index (κ3) is 4.00. The number of hydrogen-bond acceptors (Lipinski definition) is 4. The third-order valence-corrected chi connectivity index (χ3v) is 4.44. The molecule has 0 spiro atoms. The molecule has 1 N–H and O–H groups in total. The number of carbonyl (C=O) groups excluding carboxylic acids is 2. The summed E-state index contributed by atoms with van der Waals surface area (Å²) in [6.45, 7) is 1.27. The van der Waals surface area contributed by atoms with Gasteiger partial charge in [-0.15, -0.1) is 11.8 Å². The van der Waals surface area contributed by atoms with Gasteiger partial charge >= 0.3 is 5.97 Å². The fourth-order valence-corrected chi connectivity index (χ4v) is 3.56. The molecule has 0 unspecified atom stereocenters. The van der Waals surface area contributed by atoms with Crippen LogP contribution >= 0.6 is 11.8 Å². The molecule has 0 radical (unpaired) electrons. The Morgan fingerprint density at radius 2 is 2.00 bits per heavy atom. The average Bonchev–Trinajstić information content (AvgIpc) is 2.96. The number of benzene rings is 1. The molecule has 7 heteroatoms. The molecule has 1 heterocycles. The number of aliphatic carboxylic acids is 1. The quantitative estimate of drug-likeness (QED) is 0.876. The highest BCUT2D eigenvalue weighted by atomic mass is 32.2. The van der Waals surface area contributed by atoms with Crippen LogP contribution in [0.25, 0.3) is 0 Å². The number of thioether (sulfide) groups is 1. The van der Waals surface area contributed by atoms with Gasteiger partial charge in [-0.05, 0) is 5.56 Å². The van der Waals surface area contributed by atoms with Gasteiger partial charge in [0, 0.05) is 19.2 Å². The monoisotopic (exact) mass is 322 g/mol. The third-order valence-electron chi connectivity index (χ3n) is 3.43. The fourth-order valence-electron chi connectivity index (χ4n) is 2.35. The minimum atomic E-state index is -1.07. The normalized spacial score (nSPS) is 17.3. The lowest BCUT2D eigenvalue weighted by Crippen LogP contribution is -2.49. The van der Waals surface area contributed by atoms with Gasteiger partial charge in [0.1, 0.15) is 12.6 Å². The molecule has 1 aliphatic rings. The first kappa shape index (κ1) is 16.4. The second-order valence-corrected chi connectivity index (χ2v) is 6.08. The molecular weight excluding hydrogens is 304 g/mol. The zero-order chi connectivity index (χ0) is 16.1. The zero-order valence-corrected chi connectivity index (χ0v) is 13.1. The first-order valence-electron chi connectivity index (χ1n) is 6.88. The van der Waals surface area contributed by atoms with E-state index in [0.29, 0.717) is 11.6 Å². The van der Waals surface area contributed by atoms with Crippen LogP contribution in [-0.4, -0.2) is 56.9 Å². The number of carbonyl (C=O) groups is 3. The van der Waals surface area contributed by atoms with E-state index in [1.54, 1.807) is 0 Å². The summed E-state index contributed by atoms with van der Waals surface area (Å²) >= 11 is 1.50. The molecule has 1 aliphatic heterocycles. The molecule has 0 saturated carbocycles. The summed E-state index contributed by atoms with van der Waals surface area (Å²) < 4.78 is 0. The molecule has 1 aromatic carbocycles. The molecule has 0 aromatic heterocycles. The van der Waals surface area contributed by atoms with Crippen LogP contribution in [0.3, 0.4) is 0 Å². The molecule has 22 heavy (non-hydrogen) atoms. The molecule has 1 fully saturated rings. The minimum absolute atomic E-state index is 0.168. The van der Waals surface area contributed by atoms with E-state index in [1.807, 2.05) is 30.3 Å². The summed E-state index contributed by atoms with van der Waals surface area (Å²) in [5.41, 5.74) is 0.858. The van der Waals surface area contributed by atoms with Crippen molar-refractivity contribution in [2.24, 2.45) is 0 Å². The number of carboxylic acids is 1. The van der Waals surface area contributed by atoms with Crippen molar-refractivity contribution in [3.8, 4) is 0 Å². The first-order valence-corrected chi connectivity index (χ1v) is 8.04. The van der Waals surface area contributed by atoms with E-state index in [2.05, 4.69) is 0 Å². The number of rotatable bonds is 5. The van der Waals surface area contributed by atoms with E-state index in [1.165, 1.54) is 28.5 Å². The lowest BCUT2D eigenvalue weighted by atomic mass is 10.2. The van der Waals surface area contributed by atoms with Crippen molar-refractivity contribution >= 4 is 29.5 Å². The lowest BCUT2D eigenvalue weighted by Gasteiger charge is -2.28. The van der Waals surface area contributed by atoms with Crippen molar-refractivity contribution in [1.29, 1.82) is 0 Å². The summed E-state index contributed by atoms with van der Waals surface area (Å²) in [6, 6.07) is 8.64. The highest BCUT2D eigenvalue weighted by Gasteiger charge is 2.36. The summed E-state index contributed by atoms with van der Waals surface area (Å²) in [7, 11) is 0. The van der Waals surface area contributed by atoms with Gasteiger partial charge in [0.15, 0.2) is 0 Å². The average molecular weight is 322 g/mol. The predicted octanol–water partition coefficient (Wildman–Crippen LogP) is 1.02. The second-order valence-electron chi connectivity index (χ2n) is 5.08. The maximum absolute atomic E-state index is 12.7. The van der Waals surface area contributed by atoms with E-state index in [0.717, 1.165) is 5.56 Å². The van der Waals surface area contributed by atoms with Crippen LogP contribution in [0, 0.1) is 0 Å². The Morgan fingerprint density at radius 1 is 1.32 bits per heavy atom. The smallest absolute Gasteiger partial charge is 0.323 e. The van der Waals surface area contributed by atoms with Crippen molar-refractivity contribution in [2.45, 2.75) is 19.5 Å². The number of nitrogens with zero attached hydrogens (tertiary/aromatic N) is 2. The number of amides is 2. The van der Waals surface area contributed by atoms with Crippen LogP contribution in [0.4, 0.5) is 0 Å². The van der Waals surface area contributed by atoms with Crippen molar-refractivity contribution in [2.75, 3.05) is 18.2 Å². The van der Waals surface area contributed by atoms with Gasteiger partial charge in [-0.2, -0.15) is 0 Å². The molecule has 1 saturated heterocycles. The summed E-state index contributed by atoms with van der Waals surface area (Å²) in [4.78, 5) is 38.1. The van der Waals surface area contributed by atoms with Crippen LogP contribution < -0.4 is 0 Å². The van der Waals surface area contributed by atoms with E-state index < -0.39 is 12.0 Å². The highest BCUT2D eigenvalue weighted by molar-refractivity contribution is 7.99. The molecule has 0 aliphatic carbocycles. The fraction of sp³-hybridized carbons (Fsp3) is 0.400.